The van der Waals surface area contributed by atoms with Crippen LogP contribution in [0.25, 0.3) is 10.9 Å². The van der Waals surface area contributed by atoms with E-state index in [1.165, 1.54) is 0 Å². The summed E-state index contributed by atoms with van der Waals surface area (Å²) >= 11 is 0. The van der Waals surface area contributed by atoms with Crippen LogP contribution in [0.2, 0.25) is 0 Å². The van der Waals surface area contributed by atoms with E-state index in [0.717, 1.165) is 40.6 Å². The highest BCUT2D eigenvalue weighted by molar-refractivity contribution is 5.89. The van der Waals surface area contributed by atoms with Crippen molar-refractivity contribution in [1.29, 1.82) is 0 Å². The molecule has 1 aliphatic rings. The van der Waals surface area contributed by atoms with Crippen LogP contribution in [-0.2, 0) is 29.8 Å². The van der Waals surface area contributed by atoms with Crippen LogP contribution in [0, 0.1) is 0 Å². The molecule has 1 aliphatic heterocycles. The summed E-state index contributed by atoms with van der Waals surface area (Å²) in [5, 5.41) is 30.1. The number of carbonyl (C=O) groups is 1. The van der Waals surface area contributed by atoms with Gasteiger partial charge in [0.25, 0.3) is 0 Å². The van der Waals surface area contributed by atoms with Crippen molar-refractivity contribution in [1.82, 2.24) is 19.6 Å². The fourth-order valence-electron chi connectivity index (χ4n) is 4.68. The Labute approximate surface area is 179 Å². The predicted octanol–water partition coefficient (Wildman–Crippen LogP) is 3.30. The van der Waals surface area contributed by atoms with E-state index in [1.807, 2.05) is 65.5 Å². The average molecular weight is 416 g/mol. The van der Waals surface area contributed by atoms with Gasteiger partial charge in [0, 0.05) is 23.1 Å². The summed E-state index contributed by atoms with van der Waals surface area (Å²) in [4.78, 5) is 11.4. The Hall–Kier alpha value is -3.45. The first-order chi connectivity index (χ1) is 14.9. The Morgan fingerprint density at radius 2 is 1.90 bits per heavy atom. The molecule has 4 aromatic rings. The molecule has 0 aliphatic carbocycles. The second kappa shape index (κ2) is 7.35. The molecular formula is C24H24N4O3. The third kappa shape index (κ3) is 3.31. The second-order valence-corrected chi connectivity index (χ2v) is 8.34. The van der Waals surface area contributed by atoms with Crippen LogP contribution < -0.4 is 0 Å². The van der Waals surface area contributed by atoms with Crippen LogP contribution >= 0.6 is 0 Å². The van der Waals surface area contributed by atoms with Gasteiger partial charge in [-0.3, -0.25) is 4.79 Å². The Morgan fingerprint density at radius 1 is 1.16 bits per heavy atom. The monoisotopic (exact) mass is 416 g/mol. The number of aliphatic carboxylic acids is 1. The normalized spacial score (nSPS) is 17.9. The number of hydrogen-bond acceptors (Lipinski definition) is 4. The lowest BCUT2D eigenvalue weighted by Gasteiger charge is -2.26. The van der Waals surface area contributed by atoms with Crippen molar-refractivity contribution < 1.29 is 15.0 Å². The van der Waals surface area contributed by atoms with Gasteiger partial charge in [0.2, 0.25) is 0 Å². The predicted molar refractivity (Wildman–Crippen MR) is 116 cm³/mol. The number of aliphatic hydroxyl groups is 1. The largest absolute Gasteiger partial charge is 0.481 e. The maximum absolute atomic E-state index is 11.4. The van der Waals surface area contributed by atoms with Crippen LogP contribution in [0.5, 0.6) is 0 Å². The molecular weight excluding hydrogens is 392 g/mol. The molecule has 0 radical (unpaired) electrons. The fourth-order valence-corrected chi connectivity index (χ4v) is 4.68. The number of para-hydroxylation sites is 1. The molecule has 7 nitrogen and oxygen atoms in total. The fraction of sp³-hybridized carbons (Fsp3) is 0.292. The molecule has 0 spiro atoms. The van der Waals surface area contributed by atoms with E-state index in [2.05, 4.69) is 14.9 Å². The Balaban J connectivity index is 1.48. The van der Waals surface area contributed by atoms with Gasteiger partial charge in [-0.1, -0.05) is 53.7 Å². The van der Waals surface area contributed by atoms with Crippen molar-refractivity contribution in [2.45, 2.75) is 44.4 Å². The molecule has 2 aromatic carbocycles. The summed E-state index contributed by atoms with van der Waals surface area (Å²) in [5.41, 5.74) is 3.10. The van der Waals surface area contributed by atoms with E-state index in [9.17, 15) is 15.0 Å². The van der Waals surface area contributed by atoms with Crippen molar-refractivity contribution in [3.8, 4) is 0 Å². The van der Waals surface area contributed by atoms with Crippen molar-refractivity contribution in [3.05, 3.63) is 83.3 Å². The molecule has 0 bridgehead atoms. The molecule has 7 heteroatoms. The van der Waals surface area contributed by atoms with Crippen LogP contribution in [0.3, 0.4) is 0 Å². The van der Waals surface area contributed by atoms with Gasteiger partial charge in [-0.05, 0) is 37.0 Å². The summed E-state index contributed by atoms with van der Waals surface area (Å²) in [6, 6.07) is 17.5. The summed E-state index contributed by atoms with van der Waals surface area (Å²) in [6.45, 7) is 2.42. The van der Waals surface area contributed by atoms with Crippen LogP contribution in [0.15, 0.2) is 60.8 Å². The molecule has 0 amide bonds. The summed E-state index contributed by atoms with van der Waals surface area (Å²) in [7, 11) is 0. The van der Waals surface area contributed by atoms with E-state index in [1.54, 1.807) is 6.92 Å². The molecule has 31 heavy (non-hydrogen) atoms. The van der Waals surface area contributed by atoms with Gasteiger partial charge in [0.15, 0.2) is 0 Å². The molecule has 0 saturated carbocycles. The Morgan fingerprint density at radius 3 is 2.68 bits per heavy atom. The highest BCUT2D eigenvalue weighted by Gasteiger charge is 2.31. The first-order valence-electron chi connectivity index (χ1n) is 10.5. The SMILES string of the molecule is CC(O)(c1ccccc1)c1cn(C2CCc3c(CC(=O)O)c4ccccc4n3C2)nn1. The number of benzene rings is 2. The summed E-state index contributed by atoms with van der Waals surface area (Å²) in [5.74, 6) is -0.815. The van der Waals surface area contributed by atoms with Gasteiger partial charge in [-0.25, -0.2) is 4.68 Å². The van der Waals surface area contributed by atoms with Crippen LogP contribution in [0.4, 0.5) is 0 Å². The number of carboxylic acid groups (broad SMARTS) is 1. The lowest BCUT2D eigenvalue weighted by molar-refractivity contribution is -0.136. The first-order valence-corrected chi connectivity index (χ1v) is 10.5. The lowest BCUT2D eigenvalue weighted by Crippen LogP contribution is -2.25. The number of nitrogens with zero attached hydrogens (tertiary/aromatic N) is 4. The third-order valence-corrected chi connectivity index (χ3v) is 6.35. The van der Waals surface area contributed by atoms with Crippen molar-refractivity contribution in [3.63, 3.8) is 0 Å². The Kier molecular flexibility index (Phi) is 4.63. The molecule has 2 unspecified atom stereocenters. The van der Waals surface area contributed by atoms with Crippen molar-refractivity contribution in [2.24, 2.45) is 0 Å². The highest BCUT2D eigenvalue weighted by atomic mass is 16.4. The zero-order valence-corrected chi connectivity index (χ0v) is 17.3. The van der Waals surface area contributed by atoms with Crippen LogP contribution in [-0.4, -0.2) is 35.7 Å². The number of hydrogen-bond donors (Lipinski definition) is 2. The van der Waals surface area contributed by atoms with Gasteiger partial charge < -0.3 is 14.8 Å². The van der Waals surface area contributed by atoms with Gasteiger partial charge in [-0.15, -0.1) is 5.10 Å². The van der Waals surface area contributed by atoms with E-state index < -0.39 is 11.6 Å². The smallest absolute Gasteiger partial charge is 0.307 e. The standard InChI is InChI=1S/C24H24N4O3/c1-24(31,16-7-3-2-4-8-16)22-15-28(26-25-22)17-11-12-21-19(13-23(29)30)18-9-5-6-10-20(18)27(21)14-17/h2-10,15,17,31H,11-14H2,1H3,(H,29,30). The maximum atomic E-state index is 11.4. The highest BCUT2D eigenvalue weighted by Crippen LogP contribution is 2.35. The summed E-state index contributed by atoms with van der Waals surface area (Å²) < 4.78 is 4.06. The average Bonchev–Trinajstić information content (AvgIpc) is 3.39. The maximum Gasteiger partial charge on any atom is 0.307 e. The molecule has 2 atom stereocenters. The van der Waals surface area contributed by atoms with Gasteiger partial charge in [0.05, 0.1) is 18.7 Å². The Bertz CT molecular complexity index is 1260. The lowest BCUT2D eigenvalue weighted by atomic mass is 9.93. The summed E-state index contributed by atoms with van der Waals surface area (Å²) in [6.07, 6.45) is 3.46. The van der Waals surface area contributed by atoms with E-state index >= 15 is 0 Å². The van der Waals surface area contributed by atoms with Crippen molar-refractivity contribution >= 4 is 16.9 Å². The number of carboxylic acids is 1. The number of rotatable bonds is 5. The number of fused-ring (bicyclic) bond motifs is 3. The molecule has 3 heterocycles. The number of aromatic nitrogens is 4. The molecule has 158 valence electrons. The quantitative estimate of drug-likeness (QED) is 0.521. The molecule has 5 rings (SSSR count). The van der Waals surface area contributed by atoms with Gasteiger partial charge in [0.1, 0.15) is 11.3 Å². The molecule has 2 N–H and O–H groups in total. The zero-order valence-electron chi connectivity index (χ0n) is 17.3. The van der Waals surface area contributed by atoms with Crippen molar-refractivity contribution in [2.75, 3.05) is 0 Å². The second-order valence-electron chi connectivity index (χ2n) is 8.34. The zero-order chi connectivity index (χ0) is 21.6. The molecule has 0 saturated heterocycles. The minimum absolute atomic E-state index is 0.0287. The topological polar surface area (TPSA) is 93.2 Å². The van der Waals surface area contributed by atoms with E-state index in [4.69, 9.17) is 0 Å². The third-order valence-electron chi connectivity index (χ3n) is 6.35. The first kappa shape index (κ1) is 19.5. The van der Waals surface area contributed by atoms with E-state index in [0.29, 0.717) is 12.2 Å². The van der Waals surface area contributed by atoms with Gasteiger partial charge in [-0.2, -0.15) is 0 Å². The minimum Gasteiger partial charge on any atom is -0.481 e. The molecule has 0 fully saturated rings. The molecule has 2 aromatic heterocycles. The minimum atomic E-state index is -1.23. The van der Waals surface area contributed by atoms with E-state index in [-0.39, 0.29) is 12.5 Å². The van der Waals surface area contributed by atoms with Crippen LogP contribution in [0.1, 0.15) is 41.9 Å². The van der Waals surface area contributed by atoms with Gasteiger partial charge >= 0.3 is 5.97 Å².